The largest absolute Gasteiger partial charge is 0.505 e. The minimum Gasteiger partial charge on any atom is -0.505 e. The van der Waals surface area contributed by atoms with Gasteiger partial charge in [0.25, 0.3) is 5.91 Å². The maximum absolute atomic E-state index is 13.2. The van der Waals surface area contributed by atoms with E-state index in [2.05, 4.69) is 15.5 Å². The molecule has 2 aromatic carbocycles. The molecule has 0 saturated heterocycles. The Kier molecular flexibility index (Phi) is 3.38. The highest BCUT2D eigenvalue weighted by Gasteiger charge is 2.17. The summed E-state index contributed by atoms with van der Waals surface area (Å²) in [4.78, 5) is 12.1. The minimum absolute atomic E-state index is 0.0689. The Bertz CT molecular complexity index is 884. The van der Waals surface area contributed by atoms with Crippen LogP contribution in [-0.2, 0) is 0 Å². The number of halogens is 2. The van der Waals surface area contributed by atoms with Crippen molar-refractivity contribution < 1.29 is 18.7 Å². The summed E-state index contributed by atoms with van der Waals surface area (Å²) in [7, 11) is 0. The smallest absolute Gasteiger partial charge is 0.280 e. The third kappa shape index (κ3) is 2.56. The van der Waals surface area contributed by atoms with Crippen molar-refractivity contribution >= 4 is 22.5 Å². The molecule has 5 nitrogen and oxygen atoms in total. The quantitative estimate of drug-likeness (QED) is 0.763. The number of nitrogens with one attached hydrogen (secondary N) is 1. The van der Waals surface area contributed by atoms with Crippen LogP contribution in [0.3, 0.4) is 0 Å². The van der Waals surface area contributed by atoms with E-state index in [9.17, 15) is 18.7 Å². The van der Waals surface area contributed by atoms with E-state index in [1.54, 1.807) is 0 Å². The van der Waals surface area contributed by atoms with E-state index in [1.807, 2.05) is 0 Å². The van der Waals surface area contributed by atoms with E-state index in [1.165, 1.54) is 30.3 Å². The zero-order chi connectivity index (χ0) is 15.7. The highest BCUT2D eigenvalue weighted by Crippen LogP contribution is 2.26. The molecule has 7 heteroatoms. The molecule has 110 valence electrons. The second-order valence-electron chi connectivity index (χ2n) is 4.52. The van der Waals surface area contributed by atoms with Gasteiger partial charge in [-0.1, -0.05) is 6.07 Å². The molecule has 3 rings (SSSR count). The number of hydrogen-bond donors (Lipinski definition) is 2. The van der Waals surface area contributed by atoms with Crippen LogP contribution in [0.25, 0.3) is 10.9 Å². The van der Waals surface area contributed by atoms with Gasteiger partial charge in [0.15, 0.2) is 11.4 Å². The van der Waals surface area contributed by atoms with Crippen LogP contribution in [0.15, 0.2) is 42.5 Å². The minimum atomic E-state index is -0.776. The fraction of sp³-hybridized carbons (Fsp3) is 0. The third-order valence-corrected chi connectivity index (χ3v) is 2.99. The zero-order valence-corrected chi connectivity index (χ0v) is 11.0. The second kappa shape index (κ2) is 5.36. The Morgan fingerprint density at radius 2 is 1.82 bits per heavy atom. The first-order chi connectivity index (χ1) is 10.5. The fourth-order valence-electron chi connectivity index (χ4n) is 1.97. The predicted octanol–water partition coefficient (Wildman–Crippen LogP) is 2.87. The van der Waals surface area contributed by atoms with Gasteiger partial charge >= 0.3 is 0 Å². The van der Waals surface area contributed by atoms with Crippen molar-refractivity contribution in [3.8, 4) is 5.75 Å². The van der Waals surface area contributed by atoms with Gasteiger partial charge in [0.05, 0.1) is 5.52 Å². The van der Waals surface area contributed by atoms with Crippen LogP contribution < -0.4 is 5.32 Å². The molecule has 2 N–H and O–H groups in total. The van der Waals surface area contributed by atoms with Gasteiger partial charge in [-0.25, -0.2) is 8.78 Å². The molecule has 0 saturated carbocycles. The molecule has 0 fully saturated rings. The number of aromatic hydroxyl groups is 1. The van der Waals surface area contributed by atoms with Crippen LogP contribution in [0.4, 0.5) is 14.5 Å². The average molecular weight is 301 g/mol. The Morgan fingerprint density at radius 1 is 1.05 bits per heavy atom. The summed E-state index contributed by atoms with van der Waals surface area (Å²) in [6.07, 6.45) is 0. The van der Waals surface area contributed by atoms with Crippen molar-refractivity contribution in [2.45, 2.75) is 0 Å². The molecule has 1 amide bonds. The molecule has 0 spiro atoms. The highest BCUT2D eigenvalue weighted by atomic mass is 19.1. The van der Waals surface area contributed by atoms with Gasteiger partial charge in [0, 0.05) is 11.1 Å². The Balaban J connectivity index is 1.99. The normalized spacial score (nSPS) is 10.6. The summed E-state index contributed by atoms with van der Waals surface area (Å²) in [5, 5.41) is 19.9. The van der Waals surface area contributed by atoms with Crippen LogP contribution >= 0.6 is 0 Å². The van der Waals surface area contributed by atoms with Crippen LogP contribution in [0.2, 0.25) is 0 Å². The Hall–Kier alpha value is -3.09. The Morgan fingerprint density at radius 3 is 2.59 bits per heavy atom. The lowest BCUT2D eigenvalue weighted by Crippen LogP contribution is -2.15. The van der Waals surface area contributed by atoms with Crippen LogP contribution in [-0.4, -0.2) is 21.2 Å². The summed E-state index contributed by atoms with van der Waals surface area (Å²) < 4.78 is 26.3. The number of benzene rings is 2. The third-order valence-electron chi connectivity index (χ3n) is 2.99. The second-order valence-corrected chi connectivity index (χ2v) is 4.52. The van der Waals surface area contributed by atoms with E-state index < -0.39 is 23.3 Å². The van der Waals surface area contributed by atoms with Crippen molar-refractivity contribution in [1.82, 2.24) is 10.2 Å². The maximum atomic E-state index is 13.2. The van der Waals surface area contributed by atoms with Gasteiger partial charge in [0.1, 0.15) is 11.6 Å². The standard InChI is InChI=1S/C15H9F2N3O2/c16-8-2-1-3-10(6-8)18-15(22)13-14(21)11-7-9(17)4-5-12(11)19-20-13/h1-7H,(H,18,22)(H,19,21). The molecule has 1 aromatic heterocycles. The monoisotopic (exact) mass is 301 g/mol. The summed E-state index contributed by atoms with van der Waals surface area (Å²) in [5.41, 5.74) is 0.0779. The lowest BCUT2D eigenvalue weighted by Gasteiger charge is -2.07. The van der Waals surface area contributed by atoms with Crippen LogP contribution in [0, 0.1) is 11.6 Å². The van der Waals surface area contributed by atoms with Crippen molar-refractivity contribution in [3.05, 3.63) is 59.8 Å². The number of carbonyl (C=O) groups excluding carboxylic acids is 1. The first-order valence-corrected chi connectivity index (χ1v) is 6.26. The average Bonchev–Trinajstić information content (AvgIpc) is 2.48. The van der Waals surface area contributed by atoms with E-state index in [0.717, 1.165) is 12.1 Å². The zero-order valence-electron chi connectivity index (χ0n) is 11.0. The molecule has 1 heterocycles. The van der Waals surface area contributed by atoms with Gasteiger partial charge in [-0.15, -0.1) is 10.2 Å². The lowest BCUT2D eigenvalue weighted by atomic mass is 10.1. The summed E-state index contributed by atoms with van der Waals surface area (Å²) in [6, 6.07) is 8.81. The van der Waals surface area contributed by atoms with Crippen LogP contribution in [0.5, 0.6) is 5.75 Å². The van der Waals surface area contributed by atoms with Crippen LogP contribution in [0.1, 0.15) is 10.5 Å². The highest BCUT2D eigenvalue weighted by molar-refractivity contribution is 6.07. The van der Waals surface area contributed by atoms with Gasteiger partial charge in [-0.2, -0.15) is 0 Å². The first-order valence-electron chi connectivity index (χ1n) is 6.26. The van der Waals surface area contributed by atoms with Gasteiger partial charge < -0.3 is 10.4 Å². The number of amides is 1. The van der Waals surface area contributed by atoms with Gasteiger partial charge in [-0.3, -0.25) is 4.79 Å². The number of nitrogens with zero attached hydrogens (tertiary/aromatic N) is 2. The van der Waals surface area contributed by atoms with E-state index >= 15 is 0 Å². The van der Waals surface area contributed by atoms with Crippen molar-refractivity contribution in [1.29, 1.82) is 0 Å². The van der Waals surface area contributed by atoms with E-state index in [4.69, 9.17) is 0 Å². The molecule has 0 aliphatic carbocycles. The molecule has 0 aliphatic rings. The molecule has 0 unspecified atom stereocenters. The number of anilines is 1. The first kappa shape index (κ1) is 13.9. The van der Waals surface area contributed by atoms with Crippen molar-refractivity contribution in [2.24, 2.45) is 0 Å². The molecule has 0 atom stereocenters. The van der Waals surface area contributed by atoms with E-state index in [-0.39, 0.29) is 22.3 Å². The molecule has 0 bridgehead atoms. The Labute approximate surface area is 123 Å². The van der Waals surface area contributed by atoms with E-state index in [0.29, 0.717) is 0 Å². The van der Waals surface area contributed by atoms with Gasteiger partial charge in [-0.05, 0) is 36.4 Å². The fourth-order valence-corrected chi connectivity index (χ4v) is 1.97. The number of carbonyl (C=O) groups is 1. The van der Waals surface area contributed by atoms with Crippen molar-refractivity contribution in [2.75, 3.05) is 5.32 Å². The molecular formula is C15H9F2N3O2. The number of aromatic nitrogens is 2. The number of rotatable bonds is 2. The molecular weight excluding hydrogens is 292 g/mol. The van der Waals surface area contributed by atoms with Gasteiger partial charge in [0.2, 0.25) is 0 Å². The SMILES string of the molecule is O=C(Nc1cccc(F)c1)c1nnc2ccc(F)cc2c1O. The maximum Gasteiger partial charge on any atom is 0.280 e. The topological polar surface area (TPSA) is 75.1 Å². The van der Waals surface area contributed by atoms with Crippen molar-refractivity contribution in [3.63, 3.8) is 0 Å². The summed E-state index contributed by atoms with van der Waals surface area (Å²) in [6.45, 7) is 0. The predicted molar refractivity (Wildman–Crippen MR) is 75.5 cm³/mol. The number of hydrogen-bond acceptors (Lipinski definition) is 4. The molecule has 3 aromatic rings. The molecule has 0 radical (unpaired) electrons. The number of fused-ring (bicyclic) bond motifs is 1. The molecule has 0 aliphatic heterocycles. The molecule has 22 heavy (non-hydrogen) atoms. The lowest BCUT2D eigenvalue weighted by molar-refractivity contribution is 0.101. The summed E-state index contributed by atoms with van der Waals surface area (Å²) >= 11 is 0. The summed E-state index contributed by atoms with van der Waals surface area (Å²) in [5.74, 6) is -2.36.